The Bertz CT molecular complexity index is 755. The Labute approximate surface area is 149 Å². The number of hydrogen-bond donors (Lipinski definition) is 1. The Kier molecular flexibility index (Phi) is 4.76. The van der Waals surface area contributed by atoms with Gasteiger partial charge in [0, 0.05) is 5.56 Å². The molecule has 1 aliphatic heterocycles. The van der Waals surface area contributed by atoms with Gasteiger partial charge in [-0.15, -0.1) is 0 Å². The van der Waals surface area contributed by atoms with Gasteiger partial charge in [0.1, 0.15) is 17.9 Å². The molecule has 3 rings (SSSR count). The number of ketones is 1. The number of ether oxygens (including phenoxy) is 1. The van der Waals surface area contributed by atoms with Crippen molar-refractivity contribution in [2.75, 3.05) is 6.54 Å². The minimum atomic E-state index is -1.12. The van der Waals surface area contributed by atoms with Gasteiger partial charge in [-0.25, -0.2) is 9.18 Å². The lowest BCUT2D eigenvalue weighted by Gasteiger charge is -2.20. The predicted octanol–water partition coefficient (Wildman–Crippen LogP) is 1.80. The zero-order valence-electron chi connectivity index (χ0n) is 14.3. The minimum absolute atomic E-state index is 0.201. The van der Waals surface area contributed by atoms with E-state index >= 15 is 0 Å². The number of amides is 3. The number of halogens is 1. The predicted molar refractivity (Wildman–Crippen MR) is 87.7 cm³/mol. The molecule has 1 heterocycles. The molecular formula is C18H19FN2O5. The number of urea groups is 1. The monoisotopic (exact) mass is 362 g/mol. The summed E-state index contributed by atoms with van der Waals surface area (Å²) in [6, 6.07) is 4.24. The molecule has 1 aliphatic carbocycles. The molecule has 7 nitrogen and oxygen atoms in total. The number of benzene rings is 1. The number of carbonyl (C=O) groups is 4. The van der Waals surface area contributed by atoms with Crippen LogP contribution in [0.25, 0.3) is 0 Å². The minimum Gasteiger partial charge on any atom is -0.453 e. The number of Topliss-reactive ketones (excluding diaryl/α,β-unsaturated/α-hetero) is 1. The first-order valence-corrected chi connectivity index (χ1v) is 8.46. The maximum atomic E-state index is 12.9. The van der Waals surface area contributed by atoms with Crippen LogP contribution in [0.5, 0.6) is 0 Å². The van der Waals surface area contributed by atoms with E-state index in [2.05, 4.69) is 5.32 Å². The highest BCUT2D eigenvalue weighted by molar-refractivity contribution is 6.09. The lowest BCUT2D eigenvalue weighted by atomic mass is 9.98. The van der Waals surface area contributed by atoms with Gasteiger partial charge >= 0.3 is 12.0 Å². The van der Waals surface area contributed by atoms with Crippen molar-refractivity contribution in [1.29, 1.82) is 0 Å². The largest absolute Gasteiger partial charge is 0.453 e. The summed E-state index contributed by atoms with van der Waals surface area (Å²) < 4.78 is 18.0. The van der Waals surface area contributed by atoms with Gasteiger partial charge in [0.2, 0.25) is 5.78 Å². The summed E-state index contributed by atoms with van der Waals surface area (Å²) in [5, 5.41) is 2.67. The summed E-state index contributed by atoms with van der Waals surface area (Å²) in [5.74, 6) is -2.26. The van der Waals surface area contributed by atoms with Crippen molar-refractivity contribution in [2.45, 2.75) is 44.2 Å². The summed E-state index contributed by atoms with van der Waals surface area (Å²) in [4.78, 5) is 49.6. The van der Waals surface area contributed by atoms with E-state index < -0.39 is 47.7 Å². The van der Waals surface area contributed by atoms with Gasteiger partial charge in [0.05, 0.1) is 0 Å². The smallest absolute Gasteiger partial charge is 0.326 e. The fraction of sp³-hybridized carbons (Fsp3) is 0.444. The number of esters is 1. The number of nitrogens with one attached hydrogen (secondary N) is 1. The molecule has 26 heavy (non-hydrogen) atoms. The molecule has 3 amide bonds. The normalized spacial score (nSPS) is 19.5. The highest BCUT2D eigenvalue weighted by Crippen LogP contribution is 2.34. The number of carbonyl (C=O) groups excluding carboxylic acids is 4. The van der Waals surface area contributed by atoms with Crippen LogP contribution in [0, 0.1) is 5.82 Å². The van der Waals surface area contributed by atoms with Crippen molar-refractivity contribution >= 4 is 23.7 Å². The maximum Gasteiger partial charge on any atom is 0.326 e. The Morgan fingerprint density at radius 1 is 1.23 bits per heavy atom. The van der Waals surface area contributed by atoms with Crippen LogP contribution in [0.4, 0.5) is 9.18 Å². The second kappa shape index (κ2) is 6.86. The van der Waals surface area contributed by atoms with Crippen LogP contribution in [-0.4, -0.2) is 46.8 Å². The van der Waals surface area contributed by atoms with Crippen molar-refractivity contribution in [3.05, 3.63) is 35.6 Å². The quantitative estimate of drug-likeness (QED) is 0.490. The van der Waals surface area contributed by atoms with E-state index in [1.807, 2.05) is 0 Å². The van der Waals surface area contributed by atoms with Gasteiger partial charge in [-0.3, -0.25) is 19.3 Å². The van der Waals surface area contributed by atoms with Gasteiger partial charge in [-0.1, -0.05) is 12.8 Å². The standard InChI is InChI=1S/C18H19FN2O5/c1-11(15(23)12-4-6-13(19)7-5-12)26-14(22)10-21-16(24)18(20-17(21)25)8-2-3-9-18/h4-7,11H,2-3,8-10H2,1H3,(H,20,25)/t11-/m0/s1. The van der Waals surface area contributed by atoms with Crippen molar-refractivity contribution < 1.29 is 28.3 Å². The third-order valence-corrected chi connectivity index (χ3v) is 4.80. The molecule has 0 unspecified atom stereocenters. The van der Waals surface area contributed by atoms with Gasteiger partial charge < -0.3 is 10.1 Å². The van der Waals surface area contributed by atoms with Crippen molar-refractivity contribution in [1.82, 2.24) is 10.2 Å². The SMILES string of the molecule is C[C@H](OC(=O)CN1C(=O)NC2(CCCC2)C1=O)C(=O)c1ccc(F)cc1. The third kappa shape index (κ3) is 3.31. The molecule has 1 aromatic rings. The zero-order chi connectivity index (χ0) is 18.9. The fourth-order valence-corrected chi connectivity index (χ4v) is 3.40. The topological polar surface area (TPSA) is 92.8 Å². The van der Waals surface area contributed by atoms with E-state index in [1.54, 1.807) is 0 Å². The van der Waals surface area contributed by atoms with Crippen LogP contribution in [0.2, 0.25) is 0 Å². The molecule has 1 saturated carbocycles. The lowest BCUT2D eigenvalue weighted by molar-refractivity contribution is -0.149. The first kappa shape index (κ1) is 18.0. The lowest BCUT2D eigenvalue weighted by Crippen LogP contribution is -2.44. The summed E-state index contributed by atoms with van der Waals surface area (Å²) in [6.07, 6.45) is 1.68. The Balaban J connectivity index is 1.60. The molecule has 1 spiro atoms. The maximum absolute atomic E-state index is 12.9. The van der Waals surface area contributed by atoms with E-state index in [0.29, 0.717) is 12.8 Å². The summed E-state index contributed by atoms with van der Waals surface area (Å²) in [6.45, 7) is 0.835. The molecule has 138 valence electrons. The Morgan fingerprint density at radius 3 is 2.46 bits per heavy atom. The Morgan fingerprint density at radius 2 is 1.85 bits per heavy atom. The first-order chi connectivity index (χ1) is 12.3. The van der Waals surface area contributed by atoms with Crippen LogP contribution >= 0.6 is 0 Å². The van der Waals surface area contributed by atoms with Crippen LogP contribution in [-0.2, 0) is 14.3 Å². The van der Waals surface area contributed by atoms with E-state index in [1.165, 1.54) is 19.1 Å². The summed E-state index contributed by atoms with van der Waals surface area (Å²) in [5.41, 5.74) is -0.695. The molecule has 2 aliphatic rings. The van der Waals surface area contributed by atoms with Gasteiger partial charge in [-0.05, 0) is 44.0 Å². The number of nitrogens with zero attached hydrogens (tertiary/aromatic N) is 1. The summed E-state index contributed by atoms with van der Waals surface area (Å²) in [7, 11) is 0. The molecule has 0 aromatic heterocycles. The van der Waals surface area contributed by atoms with Crippen molar-refractivity contribution in [3.8, 4) is 0 Å². The number of hydrogen-bond acceptors (Lipinski definition) is 5. The molecule has 0 bridgehead atoms. The van der Waals surface area contributed by atoms with Gasteiger partial charge in [-0.2, -0.15) is 0 Å². The van der Waals surface area contributed by atoms with E-state index in [4.69, 9.17) is 4.74 Å². The summed E-state index contributed by atoms with van der Waals surface area (Å²) >= 11 is 0. The van der Waals surface area contributed by atoms with Crippen LogP contribution < -0.4 is 5.32 Å². The van der Waals surface area contributed by atoms with Crippen molar-refractivity contribution in [3.63, 3.8) is 0 Å². The molecule has 1 saturated heterocycles. The van der Waals surface area contributed by atoms with Gasteiger partial charge in [0.15, 0.2) is 6.10 Å². The third-order valence-electron chi connectivity index (χ3n) is 4.80. The molecule has 0 radical (unpaired) electrons. The second-order valence-electron chi connectivity index (χ2n) is 6.61. The van der Waals surface area contributed by atoms with Crippen LogP contribution in [0.1, 0.15) is 43.0 Å². The molecule has 1 atom stereocenters. The molecule has 1 N–H and O–H groups in total. The van der Waals surface area contributed by atoms with E-state index in [9.17, 15) is 23.6 Å². The number of rotatable bonds is 5. The fourth-order valence-electron chi connectivity index (χ4n) is 3.40. The molecule has 2 fully saturated rings. The second-order valence-corrected chi connectivity index (χ2v) is 6.61. The zero-order valence-corrected chi connectivity index (χ0v) is 14.3. The van der Waals surface area contributed by atoms with E-state index in [0.717, 1.165) is 29.9 Å². The molecule has 1 aromatic carbocycles. The molecule has 8 heteroatoms. The number of imide groups is 1. The highest BCUT2D eigenvalue weighted by atomic mass is 19.1. The highest BCUT2D eigenvalue weighted by Gasteiger charge is 2.52. The van der Waals surface area contributed by atoms with Crippen LogP contribution in [0.3, 0.4) is 0 Å². The van der Waals surface area contributed by atoms with Crippen LogP contribution in [0.15, 0.2) is 24.3 Å². The average Bonchev–Trinajstić information content (AvgIpc) is 3.16. The van der Waals surface area contributed by atoms with Crippen molar-refractivity contribution in [2.24, 2.45) is 0 Å². The van der Waals surface area contributed by atoms with E-state index in [-0.39, 0.29) is 5.56 Å². The van der Waals surface area contributed by atoms with Gasteiger partial charge in [0.25, 0.3) is 5.91 Å². The average molecular weight is 362 g/mol. The molecular weight excluding hydrogens is 343 g/mol. The Hall–Kier alpha value is -2.77. The first-order valence-electron chi connectivity index (χ1n) is 8.46.